The second-order valence-electron chi connectivity index (χ2n) is 6.06. The lowest BCUT2D eigenvalue weighted by Crippen LogP contribution is -2.33. The number of rotatable bonds is 6. The average Bonchev–Trinajstić information content (AvgIpc) is 3.10. The van der Waals surface area contributed by atoms with Crippen molar-refractivity contribution in [3.63, 3.8) is 0 Å². The molecule has 4 nitrogen and oxygen atoms in total. The maximum Gasteiger partial charge on any atom is 0.270 e. The van der Waals surface area contributed by atoms with Crippen molar-refractivity contribution in [3.8, 4) is 10.6 Å². The second-order valence-corrected chi connectivity index (χ2v) is 7.35. The summed E-state index contributed by atoms with van der Waals surface area (Å²) in [6, 6.07) is 7.53. The Balaban J connectivity index is 1.47. The van der Waals surface area contributed by atoms with Crippen LogP contribution in [0.2, 0.25) is 5.02 Å². The fourth-order valence-electron chi connectivity index (χ4n) is 2.91. The molecule has 0 aliphatic carbocycles. The highest BCUT2D eigenvalue weighted by Gasteiger charge is 2.13. The fourth-order valence-corrected chi connectivity index (χ4v) is 3.90. The molecule has 2 heterocycles. The lowest BCUT2D eigenvalue weighted by Gasteiger charge is -2.26. The van der Waals surface area contributed by atoms with Crippen molar-refractivity contribution >= 4 is 28.8 Å². The van der Waals surface area contributed by atoms with Gasteiger partial charge in [-0.2, -0.15) is 0 Å². The first-order valence-corrected chi connectivity index (χ1v) is 9.70. The quantitative estimate of drug-likeness (QED) is 0.787. The maximum atomic E-state index is 12.2. The highest BCUT2D eigenvalue weighted by Crippen LogP contribution is 2.25. The van der Waals surface area contributed by atoms with Crippen LogP contribution in [-0.4, -0.2) is 42.0 Å². The van der Waals surface area contributed by atoms with Crippen LogP contribution < -0.4 is 5.32 Å². The molecule has 3 rings (SSSR count). The normalized spacial score (nSPS) is 15.4. The number of amides is 1. The summed E-state index contributed by atoms with van der Waals surface area (Å²) in [5.74, 6) is -0.0989. The zero-order valence-corrected chi connectivity index (χ0v) is 15.2. The van der Waals surface area contributed by atoms with Gasteiger partial charge in [-0.3, -0.25) is 4.79 Å². The minimum atomic E-state index is -0.0989. The van der Waals surface area contributed by atoms with E-state index in [9.17, 15) is 4.79 Å². The molecule has 0 unspecified atom stereocenters. The van der Waals surface area contributed by atoms with Crippen molar-refractivity contribution in [2.75, 3.05) is 26.2 Å². The van der Waals surface area contributed by atoms with Gasteiger partial charge in [0.2, 0.25) is 0 Å². The topological polar surface area (TPSA) is 45.2 Å². The van der Waals surface area contributed by atoms with E-state index in [1.807, 2.05) is 24.3 Å². The van der Waals surface area contributed by atoms with E-state index in [0.717, 1.165) is 23.5 Å². The van der Waals surface area contributed by atoms with Gasteiger partial charge in [-0.05, 0) is 51.0 Å². The van der Waals surface area contributed by atoms with E-state index in [-0.39, 0.29) is 5.91 Å². The number of thiazole rings is 1. The number of carbonyl (C=O) groups is 1. The van der Waals surface area contributed by atoms with E-state index in [2.05, 4.69) is 15.2 Å². The molecule has 1 amide bonds. The Kier molecular flexibility index (Phi) is 6.24. The van der Waals surface area contributed by atoms with Gasteiger partial charge in [-0.25, -0.2) is 4.98 Å². The van der Waals surface area contributed by atoms with E-state index in [1.54, 1.807) is 5.38 Å². The largest absolute Gasteiger partial charge is 0.351 e. The summed E-state index contributed by atoms with van der Waals surface area (Å²) in [6.45, 7) is 4.15. The molecule has 128 valence electrons. The van der Waals surface area contributed by atoms with E-state index >= 15 is 0 Å². The Labute approximate surface area is 151 Å². The number of hydrogen-bond donors (Lipinski definition) is 1. The van der Waals surface area contributed by atoms with Crippen LogP contribution in [0.15, 0.2) is 29.6 Å². The molecule has 1 fully saturated rings. The zero-order valence-electron chi connectivity index (χ0n) is 13.6. The fraction of sp³-hybridized carbons (Fsp3) is 0.444. The van der Waals surface area contributed by atoms with Gasteiger partial charge >= 0.3 is 0 Å². The van der Waals surface area contributed by atoms with Gasteiger partial charge in [0.05, 0.1) is 0 Å². The van der Waals surface area contributed by atoms with Gasteiger partial charge in [-0.15, -0.1) is 11.3 Å². The summed E-state index contributed by atoms with van der Waals surface area (Å²) >= 11 is 7.47. The van der Waals surface area contributed by atoms with Crippen molar-refractivity contribution in [3.05, 3.63) is 40.4 Å². The third-order valence-electron chi connectivity index (χ3n) is 4.19. The van der Waals surface area contributed by atoms with Crippen LogP contribution in [0.3, 0.4) is 0 Å². The molecule has 1 aliphatic heterocycles. The van der Waals surface area contributed by atoms with E-state index in [0.29, 0.717) is 17.3 Å². The number of piperidine rings is 1. The van der Waals surface area contributed by atoms with Gasteiger partial charge in [0.15, 0.2) is 0 Å². The predicted octanol–water partition coefficient (Wildman–Crippen LogP) is 4.07. The Morgan fingerprint density at radius 2 is 2.12 bits per heavy atom. The molecule has 24 heavy (non-hydrogen) atoms. The first kappa shape index (κ1) is 17.4. The number of likely N-dealkylation sites (tertiary alicyclic amines) is 1. The molecule has 6 heteroatoms. The third kappa shape index (κ3) is 4.79. The molecule has 1 aliphatic rings. The molecule has 0 spiro atoms. The van der Waals surface area contributed by atoms with E-state index < -0.39 is 0 Å². The Bertz CT molecular complexity index is 682. The van der Waals surface area contributed by atoms with Crippen molar-refractivity contribution in [2.24, 2.45) is 0 Å². The Morgan fingerprint density at radius 1 is 1.29 bits per heavy atom. The van der Waals surface area contributed by atoms with Crippen LogP contribution in [-0.2, 0) is 0 Å². The van der Waals surface area contributed by atoms with E-state index in [1.165, 1.54) is 43.7 Å². The van der Waals surface area contributed by atoms with Gasteiger partial charge in [0, 0.05) is 22.5 Å². The van der Waals surface area contributed by atoms with Crippen molar-refractivity contribution in [1.29, 1.82) is 0 Å². The Hall–Kier alpha value is -1.43. The minimum absolute atomic E-state index is 0.0989. The van der Waals surface area contributed by atoms with Gasteiger partial charge < -0.3 is 10.2 Å². The van der Waals surface area contributed by atoms with Crippen molar-refractivity contribution < 1.29 is 4.79 Å². The molecule has 0 saturated carbocycles. The summed E-state index contributed by atoms with van der Waals surface area (Å²) < 4.78 is 0. The Morgan fingerprint density at radius 3 is 2.92 bits per heavy atom. The predicted molar refractivity (Wildman–Crippen MR) is 99.8 cm³/mol. The molecule has 0 radical (unpaired) electrons. The lowest BCUT2D eigenvalue weighted by molar-refractivity contribution is 0.0947. The number of benzene rings is 1. The third-order valence-corrected chi connectivity index (χ3v) is 5.32. The molecule has 0 atom stereocenters. The van der Waals surface area contributed by atoms with Crippen LogP contribution in [0.25, 0.3) is 10.6 Å². The van der Waals surface area contributed by atoms with Gasteiger partial charge in [-0.1, -0.05) is 30.2 Å². The van der Waals surface area contributed by atoms with Crippen LogP contribution in [0, 0.1) is 0 Å². The summed E-state index contributed by atoms with van der Waals surface area (Å²) in [5.41, 5.74) is 1.42. The molecule has 1 N–H and O–H groups in total. The van der Waals surface area contributed by atoms with Crippen LogP contribution in [0.4, 0.5) is 0 Å². The molecular weight excluding hydrogens is 342 g/mol. The second kappa shape index (κ2) is 8.60. The molecule has 1 aromatic heterocycles. The minimum Gasteiger partial charge on any atom is -0.351 e. The van der Waals surface area contributed by atoms with Crippen molar-refractivity contribution in [2.45, 2.75) is 25.7 Å². The van der Waals surface area contributed by atoms with Crippen LogP contribution in [0.1, 0.15) is 36.2 Å². The van der Waals surface area contributed by atoms with Gasteiger partial charge in [0.25, 0.3) is 5.91 Å². The summed E-state index contributed by atoms with van der Waals surface area (Å²) in [4.78, 5) is 19.1. The first-order chi connectivity index (χ1) is 11.7. The van der Waals surface area contributed by atoms with Crippen LogP contribution in [0.5, 0.6) is 0 Å². The molecule has 2 aromatic rings. The maximum absolute atomic E-state index is 12.2. The summed E-state index contributed by atoms with van der Waals surface area (Å²) in [7, 11) is 0. The highest BCUT2D eigenvalue weighted by molar-refractivity contribution is 7.13. The summed E-state index contributed by atoms with van der Waals surface area (Å²) in [6.07, 6.45) is 4.94. The summed E-state index contributed by atoms with van der Waals surface area (Å²) in [5, 5.41) is 6.26. The number of hydrogen-bond acceptors (Lipinski definition) is 4. The van der Waals surface area contributed by atoms with Gasteiger partial charge in [0.1, 0.15) is 10.7 Å². The number of halogens is 1. The van der Waals surface area contributed by atoms with E-state index in [4.69, 9.17) is 11.6 Å². The van der Waals surface area contributed by atoms with Crippen molar-refractivity contribution in [1.82, 2.24) is 15.2 Å². The molecule has 1 saturated heterocycles. The van der Waals surface area contributed by atoms with Crippen LogP contribution >= 0.6 is 22.9 Å². The standard InChI is InChI=1S/C18H22ClN3OS/c19-15-7-4-6-14(12-15)18-21-16(13-24-18)17(23)20-8-5-11-22-9-2-1-3-10-22/h4,6-7,12-13H,1-3,5,8-11H2,(H,20,23). The SMILES string of the molecule is O=C(NCCCN1CCCCC1)c1csc(-c2cccc(Cl)c2)n1. The molecule has 0 bridgehead atoms. The number of nitrogens with one attached hydrogen (secondary N) is 1. The molecule has 1 aromatic carbocycles. The smallest absolute Gasteiger partial charge is 0.270 e. The average molecular weight is 364 g/mol. The number of nitrogens with zero attached hydrogens (tertiary/aromatic N) is 2. The monoisotopic (exact) mass is 363 g/mol. The lowest BCUT2D eigenvalue weighted by atomic mass is 10.1. The highest BCUT2D eigenvalue weighted by atomic mass is 35.5. The molecular formula is C18H22ClN3OS. The number of carbonyl (C=O) groups excluding carboxylic acids is 1. The zero-order chi connectivity index (χ0) is 16.8. The first-order valence-electron chi connectivity index (χ1n) is 8.44. The number of aromatic nitrogens is 1.